The summed E-state index contributed by atoms with van der Waals surface area (Å²) in [7, 11) is 1.67. The number of benzene rings is 1. The molecule has 0 aliphatic rings. The molecule has 100 valence electrons. The van der Waals surface area contributed by atoms with Gasteiger partial charge in [0.2, 0.25) is 0 Å². The lowest BCUT2D eigenvalue weighted by Gasteiger charge is -2.07. The van der Waals surface area contributed by atoms with Crippen molar-refractivity contribution in [3.8, 4) is 6.07 Å². The predicted molar refractivity (Wildman–Crippen MR) is 61.1 cm³/mol. The van der Waals surface area contributed by atoms with Crippen LogP contribution in [-0.4, -0.2) is 22.3 Å². The van der Waals surface area contributed by atoms with E-state index >= 15 is 0 Å². The van der Waals surface area contributed by atoms with Gasteiger partial charge in [-0.2, -0.15) is 18.4 Å². The second kappa shape index (κ2) is 4.90. The summed E-state index contributed by atoms with van der Waals surface area (Å²) in [5.41, 5.74) is 1.54. The Hall–Kier alpha value is -2.07. The molecule has 19 heavy (non-hydrogen) atoms. The van der Waals surface area contributed by atoms with Gasteiger partial charge < -0.3 is 9.30 Å². The summed E-state index contributed by atoms with van der Waals surface area (Å²) in [5, 5.41) is 8.94. The summed E-state index contributed by atoms with van der Waals surface area (Å²) >= 11 is 0. The van der Waals surface area contributed by atoms with E-state index in [1.165, 1.54) is 0 Å². The molecule has 0 fully saturated rings. The summed E-state index contributed by atoms with van der Waals surface area (Å²) in [6, 6.07) is 7.04. The third-order valence-corrected chi connectivity index (χ3v) is 2.62. The fourth-order valence-electron chi connectivity index (χ4n) is 1.74. The van der Waals surface area contributed by atoms with Crippen molar-refractivity contribution in [1.29, 1.82) is 5.26 Å². The minimum atomic E-state index is -4.36. The number of ether oxygens (including phenoxy) is 1. The smallest absolute Gasteiger partial charge is 0.364 e. The maximum Gasteiger partial charge on any atom is 0.411 e. The van der Waals surface area contributed by atoms with Gasteiger partial charge in [-0.1, -0.05) is 6.07 Å². The number of nitriles is 1. The van der Waals surface area contributed by atoms with Gasteiger partial charge in [0.05, 0.1) is 11.1 Å². The lowest BCUT2D eigenvalue weighted by Crippen LogP contribution is -2.17. The van der Waals surface area contributed by atoms with E-state index in [4.69, 9.17) is 5.26 Å². The number of aryl methyl sites for hydroxylation is 1. The highest BCUT2D eigenvalue weighted by Crippen LogP contribution is 2.20. The summed E-state index contributed by atoms with van der Waals surface area (Å²) in [6.07, 6.45) is -4.36. The fourth-order valence-corrected chi connectivity index (χ4v) is 1.74. The SMILES string of the molecule is Cn1c(COCC(F)(F)F)nc2c(C#N)cccc21. The van der Waals surface area contributed by atoms with Gasteiger partial charge in [-0.15, -0.1) is 0 Å². The van der Waals surface area contributed by atoms with Gasteiger partial charge in [-0.3, -0.25) is 0 Å². The molecule has 0 N–H and O–H groups in total. The zero-order valence-electron chi connectivity index (χ0n) is 10.0. The molecule has 0 aliphatic carbocycles. The first kappa shape index (κ1) is 13.4. The minimum absolute atomic E-state index is 0.254. The molecular weight excluding hydrogens is 259 g/mol. The van der Waals surface area contributed by atoms with E-state index in [0.717, 1.165) is 0 Å². The summed E-state index contributed by atoms with van der Waals surface area (Å²) < 4.78 is 42.2. The van der Waals surface area contributed by atoms with Crippen LogP contribution in [0.15, 0.2) is 18.2 Å². The van der Waals surface area contributed by atoms with Crippen LogP contribution in [0.1, 0.15) is 11.4 Å². The first-order chi connectivity index (χ1) is 8.92. The number of para-hydroxylation sites is 1. The number of alkyl halides is 3. The first-order valence-corrected chi connectivity index (χ1v) is 5.41. The molecule has 2 aromatic rings. The van der Waals surface area contributed by atoms with Crippen LogP contribution in [0.5, 0.6) is 0 Å². The second-order valence-corrected chi connectivity index (χ2v) is 3.98. The zero-order valence-corrected chi connectivity index (χ0v) is 10.0. The van der Waals surface area contributed by atoms with Crippen molar-refractivity contribution in [3.05, 3.63) is 29.6 Å². The molecule has 0 spiro atoms. The Kier molecular flexibility index (Phi) is 3.44. The zero-order chi connectivity index (χ0) is 14.0. The van der Waals surface area contributed by atoms with Crippen LogP contribution in [0.4, 0.5) is 13.2 Å². The molecule has 0 atom stereocenters. The Morgan fingerprint density at radius 1 is 1.42 bits per heavy atom. The number of imidazole rings is 1. The Labute approximate surface area is 107 Å². The van der Waals surface area contributed by atoms with Crippen molar-refractivity contribution < 1.29 is 17.9 Å². The average Bonchev–Trinajstić information content (AvgIpc) is 2.65. The van der Waals surface area contributed by atoms with E-state index in [9.17, 15) is 13.2 Å². The highest BCUT2D eigenvalue weighted by molar-refractivity contribution is 5.82. The molecule has 0 saturated heterocycles. The van der Waals surface area contributed by atoms with Crippen molar-refractivity contribution in [2.45, 2.75) is 12.8 Å². The molecule has 0 saturated carbocycles. The molecule has 2 rings (SSSR count). The van der Waals surface area contributed by atoms with Gasteiger partial charge in [0.25, 0.3) is 0 Å². The van der Waals surface area contributed by atoms with Crippen molar-refractivity contribution in [3.63, 3.8) is 0 Å². The number of nitrogens with zero attached hydrogens (tertiary/aromatic N) is 3. The van der Waals surface area contributed by atoms with Crippen LogP contribution < -0.4 is 0 Å². The van der Waals surface area contributed by atoms with Crippen molar-refractivity contribution in [2.24, 2.45) is 7.05 Å². The molecule has 0 amide bonds. The number of rotatable bonds is 3. The molecule has 1 aromatic heterocycles. The van der Waals surface area contributed by atoms with E-state index in [-0.39, 0.29) is 6.61 Å². The largest absolute Gasteiger partial charge is 0.411 e. The molecule has 0 radical (unpaired) electrons. The lowest BCUT2D eigenvalue weighted by atomic mass is 10.2. The van der Waals surface area contributed by atoms with E-state index in [0.29, 0.717) is 22.4 Å². The van der Waals surface area contributed by atoms with Crippen LogP contribution >= 0.6 is 0 Å². The number of hydrogen-bond donors (Lipinski definition) is 0. The molecular formula is C12H10F3N3O. The molecule has 1 aromatic carbocycles. The van der Waals surface area contributed by atoms with E-state index < -0.39 is 12.8 Å². The van der Waals surface area contributed by atoms with Crippen molar-refractivity contribution in [1.82, 2.24) is 9.55 Å². The highest BCUT2D eigenvalue weighted by Gasteiger charge is 2.27. The lowest BCUT2D eigenvalue weighted by molar-refractivity contribution is -0.177. The van der Waals surface area contributed by atoms with Gasteiger partial charge in [-0.25, -0.2) is 4.98 Å². The maximum atomic E-state index is 12.0. The quantitative estimate of drug-likeness (QED) is 0.860. The van der Waals surface area contributed by atoms with Gasteiger partial charge in [0, 0.05) is 7.05 Å². The molecule has 1 heterocycles. The number of halogens is 3. The Bertz CT molecular complexity index is 640. The number of hydrogen-bond acceptors (Lipinski definition) is 3. The van der Waals surface area contributed by atoms with Gasteiger partial charge in [-0.05, 0) is 12.1 Å². The number of fused-ring (bicyclic) bond motifs is 1. The molecule has 0 aliphatic heterocycles. The van der Waals surface area contributed by atoms with Crippen LogP contribution in [0.2, 0.25) is 0 Å². The topological polar surface area (TPSA) is 50.8 Å². The normalized spacial score (nSPS) is 11.7. The fraction of sp³-hybridized carbons (Fsp3) is 0.333. The molecule has 4 nitrogen and oxygen atoms in total. The number of aromatic nitrogens is 2. The maximum absolute atomic E-state index is 12.0. The van der Waals surface area contributed by atoms with Crippen LogP contribution in [0.25, 0.3) is 11.0 Å². The Balaban J connectivity index is 2.26. The van der Waals surface area contributed by atoms with E-state index in [2.05, 4.69) is 9.72 Å². The van der Waals surface area contributed by atoms with E-state index in [1.54, 1.807) is 29.8 Å². The summed E-state index contributed by atoms with van der Waals surface area (Å²) in [4.78, 5) is 4.15. The molecule has 7 heteroatoms. The van der Waals surface area contributed by atoms with Crippen LogP contribution in [0.3, 0.4) is 0 Å². The predicted octanol–water partition coefficient (Wildman–Crippen LogP) is 2.52. The third-order valence-electron chi connectivity index (χ3n) is 2.62. The van der Waals surface area contributed by atoms with Gasteiger partial charge in [0.1, 0.15) is 30.6 Å². The highest BCUT2D eigenvalue weighted by atomic mass is 19.4. The van der Waals surface area contributed by atoms with Gasteiger partial charge >= 0.3 is 6.18 Å². The summed E-state index contributed by atoms with van der Waals surface area (Å²) in [5.74, 6) is 0.349. The first-order valence-electron chi connectivity index (χ1n) is 5.41. The van der Waals surface area contributed by atoms with Crippen LogP contribution in [0, 0.1) is 11.3 Å². The second-order valence-electron chi connectivity index (χ2n) is 3.98. The minimum Gasteiger partial charge on any atom is -0.364 e. The van der Waals surface area contributed by atoms with Crippen molar-refractivity contribution >= 4 is 11.0 Å². The third kappa shape index (κ3) is 2.85. The Morgan fingerprint density at radius 2 is 2.16 bits per heavy atom. The monoisotopic (exact) mass is 269 g/mol. The van der Waals surface area contributed by atoms with Gasteiger partial charge in [0.15, 0.2) is 0 Å². The van der Waals surface area contributed by atoms with E-state index in [1.807, 2.05) is 6.07 Å². The average molecular weight is 269 g/mol. The molecule has 0 bridgehead atoms. The molecule has 0 unspecified atom stereocenters. The standard InChI is InChI=1S/C12H10F3N3O/c1-18-9-4-2-3-8(5-16)11(9)17-10(18)6-19-7-12(13,14)15/h2-4H,6-7H2,1H3. The summed E-state index contributed by atoms with van der Waals surface area (Å²) in [6.45, 7) is -1.57. The van der Waals surface area contributed by atoms with Crippen molar-refractivity contribution in [2.75, 3.05) is 6.61 Å². The van der Waals surface area contributed by atoms with Crippen LogP contribution in [-0.2, 0) is 18.4 Å². The Morgan fingerprint density at radius 3 is 2.79 bits per heavy atom.